The Hall–Kier alpha value is -1.26. The fraction of sp³-hybridized carbons (Fsp3) is 0.462. The van der Waals surface area contributed by atoms with Crippen LogP contribution in [0.25, 0.3) is 0 Å². The van der Waals surface area contributed by atoms with Crippen molar-refractivity contribution in [1.29, 1.82) is 0 Å². The monoisotopic (exact) mass is 272 g/mol. The van der Waals surface area contributed by atoms with Gasteiger partial charge in [-0.2, -0.15) is 0 Å². The molecular weight excluding hydrogens is 252 g/mol. The third-order valence-corrected chi connectivity index (χ3v) is 2.69. The molecule has 1 aromatic carbocycles. The number of hydrogen-bond acceptors (Lipinski definition) is 3. The van der Waals surface area contributed by atoms with Gasteiger partial charge in [0.2, 0.25) is 5.91 Å². The average molecular weight is 273 g/mol. The number of nitrogens with zero attached hydrogens (tertiary/aromatic N) is 1. The molecule has 0 saturated heterocycles. The summed E-state index contributed by atoms with van der Waals surface area (Å²) in [4.78, 5) is 13.4. The van der Waals surface area contributed by atoms with Crippen LogP contribution in [0.5, 0.6) is 5.75 Å². The van der Waals surface area contributed by atoms with Crippen LogP contribution in [-0.4, -0.2) is 31.0 Å². The number of rotatable bonds is 5. The van der Waals surface area contributed by atoms with E-state index in [2.05, 4.69) is 0 Å². The van der Waals surface area contributed by atoms with Gasteiger partial charge in [-0.25, -0.2) is 0 Å². The largest absolute Gasteiger partial charge is 0.497 e. The van der Waals surface area contributed by atoms with Crippen molar-refractivity contribution in [2.75, 3.05) is 14.2 Å². The molecule has 0 saturated carbocycles. The molecule has 0 heterocycles. The molecule has 18 heavy (non-hydrogen) atoms. The predicted octanol–water partition coefficient (Wildman–Crippen LogP) is 1.81. The van der Waals surface area contributed by atoms with Gasteiger partial charge >= 0.3 is 0 Å². The number of ether oxygens (including phenoxy) is 1. The highest BCUT2D eigenvalue weighted by atomic mass is 35.5. The number of amides is 1. The van der Waals surface area contributed by atoms with Crippen LogP contribution < -0.4 is 10.5 Å². The summed E-state index contributed by atoms with van der Waals surface area (Å²) in [7, 11) is 3.39. The Labute approximate surface area is 115 Å². The van der Waals surface area contributed by atoms with Gasteiger partial charge in [-0.3, -0.25) is 4.79 Å². The number of likely N-dealkylation sites (N-methyl/N-ethyl adjacent to an activating group) is 1. The number of hydrogen-bond donors (Lipinski definition) is 1. The normalized spacial score (nSPS) is 11.3. The first-order chi connectivity index (χ1) is 8.08. The maximum absolute atomic E-state index is 11.8. The number of halogens is 1. The summed E-state index contributed by atoms with van der Waals surface area (Å²) in [5, 5.41) is 0. The van der Waals surface area contributed by atoms with Crippen LogP contribution in [0.15, 0.2) is 24.3 Å². The van der Waals surface area contributed by atoms with E-state index in [1.54, 1.807) is 19.1 Å². The molecule has 0 aliphatic heterocycles. The second-order valence-electron chi connectivity index (χ2n) is 4.06. The molecule has 0 aromatic heterocycles. The second kappa shape index (κ2) is 7.95. The van der Waals surface area contributed by atoms with E-state index < -0.39 is 6.04 Å². The Balaban J connectivity index is 0.00000289. The highest BCUT2D eigenvalue weighted by Gasteiger charge is 2.16. The molecule has 0 spiro atoms. The lowest BCUT2D eigenvalue weighted by atomic mass is 10.1. The molecule has 1 amide bonds. The fourth-order valence-corrected chi connectivity index (χ4v) is 1.58. The first-order valence-corrected chi connectivity index (χ1v) is 5.72. The SMILES string of the molecule is CC[C@H](N)C(=O)N(C)Cc1cccc(OC)c1.Cl. The minimum absolute atomic E-state index is 0. The molecule has 4 nitrogen and oxygen atoms in total. The molecule has 2 N–H and O–H groups in total. The molecule has 5 heteroatoms. The number of methoxy groups -OCH3 is 1. The Kier molecular flexibility index (Phi) is 7.39. The van der Waals surface area contributed by atoms with Gasteiger partial charge in [-0.05, 0) is 24.1 Å². The Morgan fingerprint density at radius 1 is 1.50 bits per heavy atom. The summed E-state index contributed by atoms with van der Waals surface area (Å²) >= 11 is 0. The van der Waals surface area contributed by atoms with Gasteiger partial charge in [0.05, 0.1) is 13.2 Å². The maximum atomic E-state index is 11.8. The average Bonchev–Trinajstić information content (AvgIpc) is 2.37. The number of carbonyl (C=O) groups excluding carboxylic acids is 1. The smallest absolute Gasteiger partial charge is 0.239 e. The van der Waals surface area contributed by atoms with E-state index in [0.717, 1.165) is 11.3 Å². The Bertz CT molecular complexity index is 385. The minimum Gasteiger partial charge on any atom is -0.497 e. The standard InChI is InChI=1S/C13H20N2O2.ClH/c1-4-12(14)13(16)15(2)9-10-6-5-7-11(8-10)17-3;/h5-8,12H,4,9,14H2,1-3H3;1H/t12-;/m0./s1. The van der Waals surface area contributed by atoms with Crippen molar-refractivity contribution in [3.8, 4) is 5.75 Å². The van der Waals surface area contributed by atoms with Crippen molar-refractivity contribution in [1.82, 2.24) is 4.90 Å². The highest BCUT2D eigenvalue weighted by molar-refractivity contribution is 5.85. The number of benzene rings is 1. The topological polar surface area (TPSA) is 55.6 Å². The van der Waals surface area contributed by atoms with Crippen molar-refractivity contribution >= 4 is 18.3 Å². The molecule has 102 valence electrons. The zero-order valence-electron chi connectivity index (χ0n) is 11.1. The molecule has 0 aliphatic rings. The molecule has 0 aliphatic carbocycles. The number of carbonyl (C=O) groups is 1. The fourth-order valence-electron chi connectivity index (χ4n) is 1.58. The van der Waals surface area contributed by atoms with Crippen LogP contribution in [0.1, 0.15) is 18.9 Å². The van der Waals surface area contributed by atoms with Gasteiger partial charge in [0.25, 0.3) is 0 Å². The summed E-state index contributed by atoms with van der Waals surface area (Å²) < 4.78 is 5.14. The summed E-state index contributed by atoms with van der Waals surface area (Å²) in [5.41, 5.74) is 6.74. The van der Waals surface area contributed by atoms with Crippen molar-refractivity contribution < 1.29 is 9.53 Å². The lowest BCUT2D eigenvalue weighted by Gasteiger charge is -2.20. The molecule has 1 aromatic rings. The zero-order valence-corrected chi connectivity index (χ0v) is 11.9. The lowest BCUT2D eigenvalue weighted by molar-refractivity contribution is -0.131. The third kappa shape index (κ3) is 4.55. The van der Waals surface area contributed by atoms with Gasteiger partial charge in [-0.1, -0.05) is 19.1 Å². The molecule has 0 bridgehead atoms. The second-order valence-corrected chi connectivity index (χ2v) is 4.06. The van der Waals surface area contributed by atoms with Crippen molar-refractivity contribution in [2.45, 2.75) is 25.9 Å². The molecule has 0 radical (unpaired) electrons. The van der Waals surface area contributed by atoms with Gasteiger partial charge < -0.3 is 15.4 Å². The first-order valence-electron chi connectivity index (χ1n) is 5.72. The van der Waals surface area contributed by atoms with Crippen molar-refractivity contribution in [3.63, 3.8) is 0 Å². The summed E-state index contributed by atoms with van der Waals surface area (Å²) in [6.45, 7) is 2.45. The number of nitrogens with two attached hydrogens (primary N) is 1. The van der Waals surface area contributed by atoms with Gasteiger partial charge in [0, 0.05) is 13.6 Å². The van der Waals surface area contributed by atoms with E-state index in [-0.39, 0.29) is 18.3 Å². The molecular formula is C13H21ClN2O2. The van der Waals surface area contributed by atoms with Crippen LogP contribution in [0.3, 0.4) is 0 Å². The van der Waals surface area contributed by atoms with Gasteiger partial charge in [-0.15, -0.1) is 12.4 Å². The van der Waals surface area contributed by atoms with E-state index in [1.807, 2.05) is 31.2 Å². The van der Waals surface area contributed by atoms with E-state index >= 15 is 0 Å². The molecule has 0 fully saturated rings. The van der Waals surface area contributed by atoms with E-state index in [4.69, 9.17) is 10.5 Å². The Morgan fingerprint density at radius 3 is 2.72 bits per heavy atom. The maximum Gasteiger partial charge on any atom is 0.239 e. The first kappa shape index (κ1) is 16.7. The summed E-state index contributed by atoms with van der Waals surface area (Å²) in [5.74, 6) is 0.762. The third-order valence-electron chi connectivity index (χ3n) is 2.69. The quantitative estimate of drug-likeness (QED) is 0.889. The van der Waals surface area contributed by atoms with Crippen molar-refractivity contribution in [3.05, 3.63) is 29.8 Å². The van der Waals surface area contributed by atoms with E-state index in [0.29, 0.717) is 13.0 Å². The lowest BCUT2D eigenvalue weighted by Crippen LogP contribution is -2.40. The zero-order chi connectivity index (χ0) is 12.8. The highest BCUT2D eigenvalue weighted by Crippen LogP contribution is 2.14. The van der Waals surface area contributed by atoms with Crippen molar-refractivity contribution in [2.24, 2.45) is 5.73 Å². The van der Waals surface area contributed by atoms with Crippen LogP contribution in [-0.2, 0) is 11.3 Å². The van der Waals surface area contributed by atoms with Crippen LogP contribution in [0.4, 0.5) is 0 Å². The Morgan fingerprint density at radius 2 is 2.17 bits per heavy atom. The minimum atomic E-state index is -0.411. The van der Waals surface area contributed by atoms with Crippen LogP contribution in [0.2, 0.25) is 0 Å². The van der Waals surface area contributed by atoms with Crippen LogP contribution >= 0.6 is 12.4 Å². The summed E-state index contributed by atoms with van der Waals surface area (Å²) in [6, 6.07) is 7.26. The predicted molar refractivity (Wildman–Crippen MR) is 75.0 cm³/mol. The van der Waals surface area contributed by atoms with Crippen LogP contribution in [0, 0.1) is 0 Å². The molecule has 1 rings (SSSR count). The van der Waals surface area contributed by atoms with Gasteiger partial charge in [0.15, 0.2) is 0 Å². The van der Waals surface area contributed by atoms with E-state index in [9.17, 15) is 4.79 Å². The summed E-state index contributed by atoms with van der Waals surface area (Å²) in [6.07, 6.45) is 0.654. The van der Waals surface area contributed by atoms with E-state index in [1.165, 1.54) is 0 Å². The molecule has 0 unspecified atom stereocenters. The molecule has 1 atom stereocenters. The van der Waals surface area contributed by atoms with Gasteiger partial charge in [0.1, 0.15) is 5.75 Å².